The number of nitrogens with one attached hydrogen (secondary N) is 1. The zero-order valence-corrected chi connectivity index (χ0v) is 18.2. The molecule has 2 heterocycles. The molecule has 0 spiro atoms. The van der Waals surface area contributed by atoms with Crippen LogP contribution in [0.1, 0.15) is 21.3 Å². The van der Waals surface area contributed by atoms with Crippen molar-refractivity contribution < 1.29 is 14.3 Å². The van der Waals surface area contributed by atoms with Crippen LogP contribution in [0.2, 0.25) is 0 Å². The number of amides is 1. The number of ether oxygens (including phenoxy) is 1. The van der Waals surface area contributed by atoms with Crippen molar-refractivity contribution >= 4 is 34.6 Å². The van der Waals surface area contributed by atoms with Crippen LogP contribution < -0.4 is 10.2 Å². The number of rotatable bonds is 6. The maximum absolute atomic E-state index is 12.5. The van der Waals surface area contributed by atoms with E-state index in [1.165, 1.54) is 18.4 Å². The highest BCUT2D eigenvalue weighted by Crippen LogP contribution is 2.26. The molecule has 0 bridgehead atoms. The zero-order valence-electron chi connectivity index (χ0n) is 17.4. The van der Waals surface area contributed by atoms with Gasteiger partial charge in [-0.15, -0.1) is 11.3 Å². The minimum Gasteiger partial charge on any atom is -0.468 e. The molecule has 1 N–H and O–H groups in total. The average Bonchev–Trinajstić information content (AvgIpc) is 3.36. The van der Waals surface area contributed by atoms with Crippen LogP contribution in [0.25, 0.3) is 0 Å². The Morgan fingerprint density at radius 3 is 2.26 bits per heavy atom. The first kappa shape index (κ1) is 21.1. The van der Waals surface area contributed by atoms with Gasteiger partial charge in [-0.05, 0) is 41.3 Å². The lowest BCUT2D eigenvalue weighted by atomic mass is 10.0. The van der Waals surface area contributed by atoms with E-state index in [9.17, 15) is 9.59 Å². The van der Waals surface area contributed by atoms with E-state index in [2.05, 4.69) is 15.1 Å². The molecule has 4 rings (SSSR count). The highest BCUT2D eigenvalue weighted by molar-refractivity contribution is 7.12. The minimum atomic E-state index is -0.386. The summed E-state index contributed by atoms with van der Waals surface area (Å²) in [7, 11) is 1.44. The van der Waals surface area contributed by atoms with Crippen LogP contribution in [0.5, 0.6) is 0 Å². The lowest BCUT2D eigenvalue weighted by molar-refractivity contribution is -0.147. The van der Waals surface area contributed by atoms with Gasteiger partial charge >= 0.3 is 5.97 Å². The lowest BCUT2D eigenvalue weighted by Gasteiger charge is -2.39. The fourth-order valence-corrected chi connectivity index (χ4v) is 4.46. The Kier molecular flexibility index (Phi) is 6.64. The molecule has 1 unspecified atom stereocenters. The van der Waals surface area contributed by atoms with Crippen molar-refractivity contribution in [2.75, 3.05) is 43.5 Å². The van der Waals surface area contributed by atoms with E-state index in [0.29, 0.717) is 4.88 Å². The predicted octanol–water partition coefficient (Wildman–Crippen LogP) is 4.04. The molecule has 1 fully saturated rings. The fraction of sp³-hybridized carbons (Fsp3) is 0.250. The van der Waals surface area contributed by atoms with Gasteiger partial charge < -0.3 is 15.0 Å². The second kappa shape index (κ2) is 9.76. The number of thiophene rings is 1. The summed E-state index contributed by atoms with van der Waals surface area (Å²) in [5.74, 6) is -0.323. The molecule has 0 radical (unpaired) electrons. The quantitative estimate of drug-likeness (QED) is 0.592. The summed E-state index contributed by atoms with van der Waals surface area (Å²) in [5.41, 5.74) is 2.83. The molecule has 1 saturated heterocycles. The van der Waals surface area contributed by atoms with Crippen molar-refractivity contribution in [2.24, 2.45) is 0 Å². The average molecular weight is 436 g/mol. The van der Waals surface area contributed by atoms with E-state index in [0.717, 1.165) is 43.1 Å². The number of methoxy groups -OCH3 is 1. The monoisotopic (exact) mass is 435 g/mol. The third kappa shape index (κ3) is 4.95. The first-order valence-corrected chi connectivity index (χ1v) is 11.1. The molecule has 7 heteroatoms. The fourth-order valence-electron chi connectivity index (χ4n) is 3.84. The maximum atomic E-state index is 12.5. The van der Waals surface area contributed by atoms with Gasteiger partial charge in [0.2, 0.25) is 0 Å². The largest absolute Gasteiger partial charge is 0.468 e. The number of nitrogens with zero attached hydrogens (tertiary/aromatic N) is 2. The van der Waals surface area contributed by atoms with Crippen LogP contribution >= 0.6 is 11.3 Å². The van der Waals surface area contributed by atoms with Crippen molar-refractivity contribution in [1.29, 1.82) is 0 Å². The number of anilines is 2. The van der Waals surface area contributed by atoms with Crippen molar-refractivity contribution in [1.82, 2.24) is 4.90 Å². The Morgan fingerprint density at radius 1 is 0.935 bits per heavy atom. The predicted molar refractivity (Wildman–Crippen MR) is 124 cm³/mol. The van der Waals surface area contributed by atoms with Crippen LogP contribution in [0.4, 0.5) is 11.4 Å². The Hall–Kier alpha value is -3.16. The number of esters is 1. The van der Waals surface area contributed by atoms with Gasteiger partial charge in [0.25, 0.3) is 5.91 Å². The third-order valence-electron chi connectivity index (χ3n) is 5.45. The molecule has 160 valence electrons. The van der Waals surface area contributed by atoms with E-state index in [1.807, 2.05) is 72.1 Å². The first-order chi connectivity index (χ1) is 15.2. The second-order valence-corrected chi connectivity index (χ2v) is 8.29. The number of hydrogen-bond donors (Lipinski definition) is 1. The number of carbonyl (C=O) groups is 2. The molecular formula is C24H25N3O3S. The molecular weight excluding hydrogens is 410 g/mol. The van der Waals surface area contributed by atoms with Crippen LogP contribution in [0.15, 0.2) is 72.1 Å². The number of benzene rings is 2. The molecule has 0 aliphatic carbocycles. The summed E-state index contributed by atoms with van der Waals surface area (Å²) in [6, 6.07) is 21.0. The van der Waals surface area contributed by atoms with Gasteiger partial charge in [0, 0.05) is 37.6 Å². The van der Waals surface area contributed by atoms with Gasteiger partial charge in [0.05, 0.1) is 12.0 Å². The van der Waals surface area contributed by atoms with E-state index < -0.39 is 0 Å². The van der Waals surface area contributed by atoms with Crippen molar-refractivity contribution in [3.63, 3.8) is 0 Å². The van der Waals surface area contributed by atoms with Crippen molar-refractivity contribution in [3.8, 4) is 0 Å². The topological polar surface area (TPSA) is 61.9 Å². The van der Waals surface area contributed by atoms with E-state index in [1.54, 1.807) is 0 Å². The molecule has 1 atom stereocenters. The molecule has 0 saturated carbocycles. The number of piperazine rings is 1. The smallest absolute Gasteiger partial charge is 0.327 e. The SMILES string of the molecule is COC(=O)C(c1ccccc1)N1CCN(c2ccc(NC(=O)c3cccs3)cc2)CC1. The van der Waals surface area contributed by atoms with Gasteiger partial charge in [-0.1, -0.05) is 36.4 Å². The summed E-state index contributed by atoms with van der Waals surface area (Å²) >= 11 is 1.42. The van der Waals surface area contributed by atoms with Gasteiger partial charge in [-0.3, -0.25) is 9.69 Å². The summed E-state index contributed by atoms with van der Waals surface area (Å²) in [4.78, 5) is 29.8. The molecule has 6 nitrogen and oxygen atoms in total. The molecule has 31 heavy (non-hydrogen) atoms. The molecule has 1 aliphatic rings. The van der Waals surface area contributed by atoms with E-state index >= 15 is 0 Å². The van der Waals surface area contributed by atoms with E-state index in [-0.39, 0.29) is 17.9 Å². The van der Waals surface area contributed by atoms with Crippen molar-refractivity contribution in [2.45, 2.75) is 6.04 Å². The van der Waals surface area contributed by atoms with Crippen LogP contribution in [0.3, 0.4) is 0 Å². The summed E-state index contributed by atoms with van der Waals surface area (Å²) in [6.45, 7) is 3.12. The zero-order chi connectivity index (χ0) is 21.6. The molecule has 1 amide bonds. The Bertz CT molecular complexity index is 998. The van der Waals surface area contributed by atoms with Crippen molar-refractivity contribution in [3.05, 3.63) is 82.6 Å². The highest BCUT2D eigenvalue weighted by Gasteiger charge is 2.31. The Balaban J connectivity index is 1.38. The first-order valence-electron chi connectivity index (χ1n) is 10.2. The van der Waals surface area contributed by atoms with Crippen LogP contribution in [-0.4, -0.2) is 50.1 Å². The van der Waals surface area contributed by atoms with Gasteiger partial charge in [-0.2, -0.15) is 0 Å². The van der Waals surface area contributed by atoms with Crippen LogP contribution in [-0.2, 0) is 9.53 Å². The summed E-state index contributed by atoms with van der Waals surface area (Å²) < 4.78 is 5.08. The van der Waals surface area contributed by atoms with Gasteiger partial charge in [-0.25, -0.2) is 4.79 Å². The molecule has 2 aromatic carbocycles. The summed E-state index contributed by atoms with van der Waals surface area (Å²) in [5, 5.41) is 4.82. The Morgan fingerprint density at radius 2 is 1.65 bits per heavy atom. The van der Waals surface area contributed by atoms with Gasteiger partial charge in [0.15, 0.2) is 0 Å². The lowest BCUT2D eigenvalue weighted by Crippen LogP contribution is -2.49. The number of carbonyl (C=O) groups excluding carboxylic acids is 2. The molecule has 1 aromatic heterocycles. The highest BCUT2D eigenvalue weighted by atomic mass is 32.1. The standard InChI is InChI=1S/C24H25N3O3S/c1-30-24(29)22(18-6-3-2-4-7-18)27-15-13-26(14-16-27)20-11-9-19(10-12-20)25-23(28)21-8-5-17-31-21/h2-12,17,22H,13-16H2,1H3,(H,25,28). The minimum absolute atomic E-state index is 0.0915. The van der Waals surface area contributed by atoms with Gasteiger partial charge in [0.1, 0.15) is 6.04 Å². The maximum Gasteiger partial charge on any atom is 0.327 e. The molecule has 1 aliphatic heterocycles. The normalized spacial score (nSPS) is 15.3. The third-order valence-corrected chi connectivity index (χ3v) is 6.32. The Labute approximate surface area is 186 Å². The molecule has 3 aromatic rings. The van der Waals surface area contributed by atoms with E-state index in [4.69, 9.17) is 4.74 Å². The van der Waals surface area contributed by atoms with Crippen LogP contribution in [0, 0.1) is 0 Å². The second-order valence-electron chi connectivity index (χ2n) is 7.34. The summed E-state index contributed by atoms with van der Waals surface area (Å²) in [6.07, 6.45) is 0. The number of hydrogen-bond acceptors (Lipinski definition) is 6.